The molecule has 2 aromatic heterocycles. The summed E-state index contributed by atoms with van der Waals surface area (Å²) in [4.78, 5) is 30.9. The van der Waals surface area contributed by atoms with Gasteiger partial charge in [0.1, 0.15) is 10.9 Å². The van der Waals surface area contributed by atoms with Crippen molar-refractivity contribution in [2.75, 3.05) is 0 Å². The normalized spacial score (nSPS) is 13.3. The highest BCUT2D eigenvalue weighted by Gasteiger charge is 2.22. The van der Waals surface area contributed by atoms with Gasteiger partial charge in [-0.3, -0.25) is 19.5 Å². The number of nitriles is 1. The highest BCUT2D eigenvalue weighted by molar-refractivity contribution is 7.99. The minimum absolute atomic E-state index is 0.0465. The summed E-state index contributed by atoms with van der Waals surface area (Å²) < 4.78 is 1.62. The van der Waals surface area contributed by atoms with Gasteiger partial charge >= 0.3 is 0 Å². The fourth-order valence-corrected chi connectivity index (χ4v) is 5.80. The number of hydrogen-bond donors (Lipinski definition) is 0. The number of nitro benzene ring substituents is 1. The number of thiophene rings is 1. The monoisotopic (exact) mass is 412 g/mol. The Labute approximate surface area is 168 Å². The van der Waals surface area contributed by atoms with Crippen molar-refractivity contribution in [1.29, 1.82) is 5.26 Å². The molecular weight excluding hydrogens is 396 g/mol. The Morgan fingerprint density at radius 3 is 2.89 bits per heavy atom. The SMILES string of the molecule is CCn1c(Sc2ccc([N+](=O)[O-])cc2C#N)nc2sc3c(c2c1=O)CCCC3. The molecule has 0 spiro atoms. The van der Waals surface area contributed by atoms with Crippen molar-refractivity contribution in [3.8, 4) is 6.07 Å². The Bertz CT molecular complexity index is 1210. The summed E-state index contributed by atoms with van der Waals surface area (Å²) >= 11 is 2.78. The molecule has 1 aromatic carbocycles. The predicted molar refractivity (Wildman–Crippen MR) is 108 cm³/mol. The number of rotatable bonds is 4. The molecule has 9 heteroatoms. The zero-order valence-electron chi connectivity index (χ0n) is 15.1. The lowest BCUT2D eigenvalue weighted by molar-refractivity contribution is -0.384. The van der Waals surface area contributed by atoms with Crippen molar-refractivity contribution in [3.63, 3.8) is 0 Å². The Hall–Kier alpha value is -2.70. The molecule has 0 bridgehead atoms. The van der Waals surface area contributed by atoms with Crippen LogP contribution in [-0.2, 0) is 19.4 Å². The number of non-ortho nitro benzene ring substituents is 1. The average molecular weight is 412 g/mol. The average Bonchev–Trinajstić information content (AvgIpc) is 3.06. The van der Waals surface area contributed by atoms with Crippen LogP contribution in [0.3, 0.4) is 0 Å². The number of aryl methyl sites for hydroxylation is 2. The van der Waals surface area contributed by atoms with Gasteiger partial charge in [-0.05, 0) is 44.2 Å². The van der Waals surface area contributed by atoms with Crippen LogP contribution in [-0.4, -0.2) is 14.5 Å². The number of nitro groups is 1. The molecule has 7 nitrogen and oxygen atoms in total. The minimum atomic E-state index is -0.530. The first-order chi connectivity index (χ1) is 13.5. The topological polar surface area (TPSA) is 102 Å². The molecule has 0 N–H and O–H groups in total. The maximum atomic E-state index is 13.2. The number of nitrogens with zero attached hydrogens (tertiary/aromatic N) is 4. The van der Waals surface area contributed by atoms with Crippen molar-refractivity contribution in [2.24, 2.45) is 0 Å². The van der Waals surface area contributed by atoms with E-state index in [2.05, 4.69) is 0 Å². The first-order valence-electron chi connectivity index (χ1n) is 8.95. The standard InChI is InChI=1S/C19H16N4O3S2/c1-2-22-18(24)16-13-5-3-4-6-15(13)27-17(16)21-19(22)28-14-8-7-12(23(25)26)9-11(14)10-20/h7-9H,2-6H2,1H3. The third kappa shape index (κ3) is 3.08. The second-order valence-electron chi connectivity index (χ2n) is 6.49. The van der Waals surface area contributed by atoms with E-state index < -0.39 is 4.92 Å². The molecule has 0 saturated heterocycles. The first kappa shape index (κ1) is 18.7. The Morgan fingerprint density at radius 2 is 2.18 bits per heavy atom. The Morgan fingerprint density at radius 1 is 1.39 bits per heavy atom. The zero-order valence-corrected chi connectivity index (χ0v) is 16.7. The molecule has 0 aliphatic heterocycles. The lowest BCUT2D eigenvalue weighted by Gasteiger charge is -2.12. The van der Waals surface area contributed by atoms with Crippen molar-refractivity contribution < 1.29 is 4.92 Å². The lowest BCUT2D eigenvalue weighted by atomic mass is 9.97. The Balaban J connectivity index is 1.85. The maximum Gasteiger partial charge on any atom is 0.270 e. The third-order valence-corrected chi connectivity index (χ3v) is 7.11. The van der Waals surface area contributed by atoms with Crippen LogP contribution in [0.4, 0.5) is 5.69 Å². The van der Waals surface area contributed by atoms with E-state index in [9.17, 15) is 20.2 Å². The molecule has 0 unspecified atom stereocenters. The van der Waals surface area contributed by atoms with E-state index in [0.29, 0.717) is 16.6 Å². The van der Waals surface area contributed by atoms with Gasteiger partial charge in [0.25, 0.3) is 11.2 Å². The second-order valence-corrected chi connectivity index (χ2v) is 8.58. The van der Waals surface area contributed by atoms with Gasteiger partial charge in [0, 0.05) is 28.5 Å². The molecule has 0 amide bonds. The van der Waals surface area contributed by atoms with Crippen LogP contribution in [0.2, 0.25) is 0 Å². The van der Waals surface area contributed by atoms with E-state index in [1.54, 1.807) is 15.9 Å². The van der Waals surface area contributed by atoms with Crippen molar-refractivity contribution >= 4 is 39.0 Å². The molecule has 0 atom stereocenters. The van der Waals surface area contributed by atoms with Gasteiger partial charge < -0.3 is 0 Å². The maximum absolute atomic E-state index is 13.2. The molecule has 4 rings (SSSR count). The lowest BCUT2D eigenvalue weighted by Crippen LogP contribution is -2.22. The van der Waals surface area contributed by atoms with Crippen LogP contribution in [0.1, 0.15) is 35.8 Å². The minimum Gasteiger partial charge on any atom is -0.287 e. The summed E-state index contributed by atoms with van der Waals surface area (Å²) in [5.74, 6) is 0. The molecule has 0 radical (unpaired) electrons. The number of aromatic nitrogens is 2. The predicted octanol–water partition coefficient (Wildman–Crippen LogP) is 4.29. The third-order valence-electron chi connectivity index (χ3n) is 4.85. The summed E-state index contributed by atoms with van der Waals surface area (Å²) in [7, 11) is 0. The molecule has 28 heavy (non-hydrogen) atoms. The van der Waals surface area contributed by atoms with E-state index in [0.717, 1.165) is 41.5 Å². The van der Waals surface area contributed by atoms with E-state index in [4.69, 9.17) is 4.98 Å². The largest absolute Gasteiger partial charge is 0.287 e. The summed E-state index contributed by atoms with van der Waals surface area (Å²) in [6.45, 7) is 2.35. The molecule has 3 aromatic rings. The number of fused-ring (bicyclic) bond motifs is 3. The quantitative estimate of drug-likeness (QED) is 0.360. The Kier molecular flexibility index (Phi) is 4.91. The van der Waals surface area contributed by atoms with E-state index in [-0.39, 0.29) is 16.8 Å². The van der Waals surface area contributed by atoms with Crippen molar-refractivity contribution in [3.05, 3.63) is 54.7 Å². The summed E-state index contributed by atoms with van der Waals surface area (Å²) in [5, 5.41) is 21.6. The van der Waals surface area contributed by atoms with Gasteiger partial charge in [-0.1, -0.05) is 11.8 Å². The van der Waals surface area contributed by atoms with Crippen LogP contribution in [0.25, 0.3) is 10.2 Å². The second kappa shape index (κ2) is 7.37. The van der Waals surface area contributed by atoms with Gasteiger partial charge in [0.2, 0.25) is 0 Å². The van der Waals surface area contributed by atoms with Crippen LogP contribution >= 0.6 is 23.1 Å². The molecule has 0 saturated carbocycles. The highest BCUT2D eigenvalue weighted by atomic mass is 32.2. The molecule has 142 valence electrons. The van der Waals surface area contributed by atoms with Gasteiger partial charge in [0.05, 0.1) is 15.9 Å². The van der Waals surface area contributed by atoms with Crippen LogP contribution in [0, 0.1) is 21.4 Å². The fraction of sp³-hybridized carbons (Fsp3) is 0.316. The highest BCUT2D eigenvalue weighted by Crippen LogP contribution is 2.36. The van der Waals surface area contributed by atoms with Gasteiger partial charge in [-0.25, -0.2) is 4.98 Å². The van der Waals surface area contributed by atoms with Gasteiger partial charge in [-0.15, -0.1) is 11.3 Å². The molecule has 1 aliphatic rings. The van der Waals surface area contributed by atoms with Crippen LogP contribution < -0.4 is 5.56 Å². The van der Waals surface area contributed by atoms with Crippen LogP contribution in [0.15, 0.2) is 33.0 Å². The molecule has 1 aliphatic carbocycles. The molecule has 0 fully saturated rings. The fourth-order valence-electron chi connectivity index (χ4n) is 3.48. The number of benzene rings is 1. The van der Waals surface area contributed by atoms with Crippen LogP contribution in [0.5, 0.6) is 0 Å². The van der Waals surface area contributed by atoms with Crippen molar-refractivity contribution in [2.45, 2.75) is 49.2 Å². The van der Waals surface area contributed by atoms with E-state index in [1.807, 2.05) is 13.0 Å². The van der Waals surface area contributed by atoms with Gasteiger partial charge in [-0.2, -0.15) is 5.26 Å². The number of hydrogen-bond acceptors (Lipinski definition) is 7. The van der Waals surface area contributed by atoms with E-state index >= 15 is 0 Å². The summed E-state index contributed by atoms with van der Waals surface area (Å²) in [6.07, 6.45) is 4.14. The summed E-state index contributed by atoms with van der Waals surface area (Å²) in [6, 6.07) is 6.15. The van der Waals surface area contributed by atoms with E-state index in [1.165, 1.54) is 34.8 Å². The molecule has 2 heterocycles. The molecular formula is C19H16N4O3S2. The summed E-state index contributed by atoms with van der Waals surface area (Å²) in [5.41, 5.74) is 1.16. The zero-order chi connectivity index (χ0) is 19.8. The first-order valence-corrected chi connectivity index (χ1v) is 10.6. The van der Waals surface area contributed by atoms with Gasteiger partial charge in [0.15, 0.2) is 5.16 Å². The smallest absolute Gasteiger partial charge is 0.270 e. The van der Waals surface area contributed by atoms with Crippen molar-refractivity contribution in [1.82, 2.24) is 9.55 Å².